The zero-order valence-electron chi connectivity index (χ0n) is 13.4. The summed E-state index contributed by atoms with van der Waals surface area (Å²) in [6.45, 7) is 4.35. The molecule has 1 aliphatic rings. The van der Waals surface area contributed by atoms with Gasteiger partial charge in [-0.15, -0.1) is 11.3 Å². The number of fused-ring (bicyclic) bond motifs is 1. The van der Waals surface area contributed by atoms with Gasteiger partial charge in [0.05, 0.1) is 17.2 Å². The lowest BCUT2D eigenvalue weighted by Gasteiger charge is -2.28. The number of hydrogen-bond acceptors (Lipinski definition) is 5. The highest BCUT2D eigenvalue weighted by Gasteiger charge is 2.23. The highest BCUT2D eigenvalue weighted by Crippen LogP contribution is 2.24. The summed E-state index contributed by atoms with van der Waals surface area (Å²) in [5.74, 6) is 0.726. The molecule has 1 aliphatic heterocycles. The highest BCUT2D eigenvalue weighted by molar-refractivity contribution is 7.13. The summed E-state index contributed by atoms with van der Waals surface area (Å²) in [7, 11) is 1.64. The molecular weight excluding hydrogens is 312 g/mol. The largest absolute Gasteiger partial charge is 0.475 e. The number of aromatic nitrogens is 1. The molecule has 0 saturated carbocycles. The fourth-order valence-electron chi connectivity index (χ4n) is 2.58. The van der Waals surface area contributed by atoms with Gasteiger partial charge in [0.25, 0.3) is 5.91 Å². The van der Waals surface area contributed by atoms with Crippen LogP contribution in [0.4, 0.5) is 0 Å². The first-order valence-corrected chi connectivity index (χ1v) is 8.45. The molecule has 23 heavy (non-hydrogen) atoms. The lowest BCUT2D eigenvalue weighted by molar-refractivity contribution is 0.0738. The lowest BCUT2D eigenvalue weighted by atomic mass is 10.1. The number of aryl methyl sites for hydroxylation is 1. The summed E-state index contributed by atoms with van der Waals surface area (Å²) in [5, 5.41) is 0. The van der Waals surface area contributed by atoms with Gasteiger partial charge in [0.15, 0.2) is 0 Å². The smallest absolute Gasteiger partial charge is 0.264 e. The van der Waals surface area contributed by atoms with E-state index >= 15 is 0 Å². The minimum atomic E-state index is 0.106. The van der Waals surface area contributed by atoms with Gasteiger partial charge in [0.1, 0.15) is 6.61 Å². The molecule has 0 aliphatic carbocycles. The van der Waals surface area contributed by atoms with Crippen LogP contribution >= 0.6 is 11.3 Å². The molecule has 0 spiro atoms. The third-order valence-corrected chi connectivity index (χ3v) is 4.79. The number of pyridine rings is 1. The molecule has 0 bridgehead atoms. The summed E-state index contributed by atoms with van der Waals surface area (Å²) in [4.78, 5) is 20.9. The summed E-state index contributed by atoms with van der Waals surface area (Å²) in [5.41, 5.74) is 2.11. The number of amides is 1. The van der Waals surface area contributed by atoms with E-state index < -0.39 is 0 Å². The normalized spacial score (nSPS) is 13.7. The zero-order valence-corrected chi connectivity index (χ0v) is 14.2. The van der Waals surface area contributed by atoms with Crippen LogP contribution in [-0.4, -0.2) is 42.7 Å². The minimum absolute atomic E-state index is 0.106. The van der Waals surface area contributed by atoms with Crippen molar-refractivity contribution < 1.29 is 14.3 Å². The summed E-state index contributed by atoms with van der Waals surface area (Å²) >= 11 is 1.55. The van der Waals surface area contributed by atoms with Gasteiger partial charge in [-0.25, -0.2) is 4.98 Å². The second-order valence-corrected chi connectivity index (χ2v) is 6.77. The zero-order chi connectivity index (χ0) is 16.2. The van der Waals surface area contributed by atoms with E-state index in [-0.39, 0.29) is 5.91 Å². The molecule has 3 rings (SSSR count). The monoisotopic (exact) mass is 332 g/mol. The molecule has 3 heterocycles. The van der Waals surface area contributed by atoms with E-state index in [2.05, 4.69) is 4.98 Å². The van der Waals surface area contributed by atoms with Crippen LogP contribution in [0.25, 0.3) is 0 Å². The van der Waals surface area contributed by atoms with Crippen LogP contribution in [0.5, 0.6) is 5.88 Å². The standard InChI is InChI=1S/C17H20N2O3S/c1-12-3-5-15(23-12)17(20)19-8-7-14-13(11-19)4-6-16(18-14)22-10-9-21-2/h3-6H,7-11H2,1-2H3. The van der Waals surface area contributed by atoms with Crippen LogP contribution in [0.2, 0.25) is 0 Å². The second kappa shape index (κ2) is 7.10. The maximum atomic E-state index is 12.5. The molecule has 0 radical (unpaired) electrons. The maximum absolute atomic E-state index is 12.5. The summed E-state index contributed by atoms with van der Waals surface area (Å²) in [6, 6.07) is 7.76. The van der Waals surface area contributed by atoms with Gasteiger partial charge in [-0.1, -0.05) is 6.07 Å². The van der Waals surface area contributed by atoms with Crippen molar-refractivity contribution in [1.29, 1.82) is 0 Å². The topological polar surface area (TPSA) is 51.7 Å². The fraction of sp³-hybridized carbons (Fsp3) is 0.412. The Morgan fingerprint density at radius 3 is 2.91 bits per heavy atom. The lowest BCUT2D eigenvalue weighted by Crippen LogP contribution is -2.36. The Bertz CT molecular complexity index is 699. The molecule has 122 valence electrons. The Hall–Kier alpha value is -1.92. The SMILES string of the molecule is COCCOc1ccc2c(n1)CCN(C(=O)c1ccc(C)s1)C2. The van der Waals surface area contributed by atoms with Gasteiger partial charge in [-0.2, -0.15) is 0 Å². The van der Waals surface area contributed by atoms with Crippen molar-refractivity contribution in [1.82, 2.24) is 9.88 Å². The highest BCUT2D eigenvalue weighted by atomic mass is 32.1. The Labute approximate surface area is 139 Å². The van der Waals surface area contributed by atoms with E-state index in [1.54, 1.807) is 18.4 Å². The van der Waals surface area contributed by atoms with Crippen LogP contribution in [-0.2, 0) is 17.7 Å². The molecular formula is C17H20N2O3S. The fourth-order valence-corrected chi connectivity index (χ4v) is 3.42. The maximum Gasteiger partial charge on any atom is 0.264 e. The number of methoxy groups -OCH3 is 1. The van der Waals surface area contributed by atoms with E-state index in [4.69, 9.17) is 9.47 Å². The van der Waals surface area contributed by atoms with Gasteiger partial charge >= 0.3 is 0 Å². The minimum Gasteiger partial charge on any atom is -0.475 e. The predicted octanol–water partition coefficient (Wildman–Crippen LogP) is 2.68. The molecule has 0 fully saturated rings. The molecule has 5 nitrogen and oxygen atoms in total. The van der Waals surface area contributed by atoms with Crippen molar-refractivity contribution in [3.63, 3.8) is 0 Å². The van der Waals surface area contributed by atoms with Gasteiger partial charge < -0.3 is 14.4 Å². The average molecular weight is 332 g/mol. The first kappa shape index (κ1) is 16.0. The number of carbonyl (C=O) groups excluding carboxylic acids is 1. The molecule has 2 aromatic heterocycles. The Morgan fingerprint density at radius 1 is 1.30 bits per heavy atom. The third kappa shape index (κ3) is 3.71. The Balaban J connectivity index is 1.67. The number of rotatable bonds is 5. The number of carbonyl (C=O) groups is 1. The molecule has 0 N–H and O–H groups in total. The van der Waals surface area contributed by atoms with E-state index in [1.807, 2.05) is 36.1 Å². The molecule has 6 heteroatoms. The van der Waals surface area contributed by atoms with Crippen molar-refractivity contribution in [3.05, 3.63) is 45.3 Å². The van der Waals surface area contributed by atoms with Crippen molar-refractivity contribution in [2.75, 3.05) is 26.9 Å². The Kier molecular flexibility index (Phi) is 4.93. The molecule has 0 atom stereocenters. The van der Waals surface area contributed by atoms with Gasteiger partial charge in [-0.3, -0.25) is 4.79 Å². The first-order valence-electron chi connectivity index (χ1n) is 7.63. The predicted molar refractivity (Wildman–Crippen MR) is 89.1 cm³/mol. The number of thiophene rings is 1. The molecule has 2 aromatic rings. The molecule has 0 saturated heterocycles. The average Bonchev–Trinajstić information content (AvgIpc) is 3.00. The van der Waals surface area contributed by atoms with Crippen molar-refractivity contribution in [2.24, 2.45) is 0 Å². The van der Waals surface area contributed by atoms with Crippen molar-refractivity contribution in [2.45, 2.75) is 19.9 Å². The number of ether oxygens (including phenoxy) is 2. The van der Waals surface area contributed by atoms with Crippen LogP contribution in [0.3, 0.4) is 0 Å². The van der Waals surface area contributed by atoms with Gasteiger partial charge in [0.2, 0.25) is 5.88 Å². The molecule has 0 unspecified atom stereocenters. The van der Waals surface area contributed by atoms with Crippen LogP contribution in [0.15, 0.2) is 24.3 Å². The third-order valence-electron chi connectivity index (χ3n) is 3.80. The van der Waals surface area contributed by atoms with E-state index in [1.165, 1.54) is 0 Å². The number of hydrogen-bond donors (Lipinski definition) is 0. The van der Waals surface area contributed by atoms with Crippen molar-refractivity contribution >= 4 is 17.2 Å². The van der Waals surface area contributed by atoms with Gasteiger partial charge in [-0.05, 0) is 24.6 Å². The first-order chi connectivity index (χ1) is 11.2. The summed E-state index contributed by atoms with van der Waals surface area (Å²) < 4.78 is 10.5. The molecule has 1 amide bonds. The van der Waals surface area contributed by atoms with E-state index in [9.17, 15) is 4.79 Å². The van der Waals surface area contributed by atoms with Gasteiger partial charge in [0, 0.05) is 37.6 Å². The van der Waals surface area contributed by atoms with Crippen LogP contribution < -0.4 is 4.74 Å². The second-order valence-electron chi connectivity index (χ2n) is 5.48. The van der Waals surface area contributed by atoms with Crippen LogP contribution in [0, 0.1) is 6.92 Å². The molecule has 0 aromatic carbocycles. The quantitative estimate of drug-likeness (QED) is 0.790. The van der Waals surface area contributed by atoms with Crippen LogP contribution in [0.1, 0.15) is 25.8 Å². The number of nitrogens with zero attached hydrogens (tertiary/aromatic N) is 2. The van der Waals surface area contributed by atoms with E-state index in [0.29, 0.717) is 32.2 Å². The summed E-state index contributed by atoms with van der Waals surface area (Å²) in [6.07, 6.45) is 0.757. The Morgan fingerprint density at radius 2 is 2.17 bits per heavy atom. The van der Waals surface area contributed by atoms with Crippen molar-refractivity contribution in [3.8, 4) is 5.88 Å². The van der Waals surface area contributed by atoms with E-state index in [0.717, 1.165) is 27.4 Å².